The minimum absolute atomic E-state index is 0.757. The summed E-state index contributed by atoms with van der Waals surface area (Å²) in [7, 11) is 1.76. The number of hydrogen-bond acceptors (Lipinski definition) is 2. The molecule has 0 fully saturated rings. The van der Waals surface area contributed by atoms with Crippen molar-refractivity contribution in [3.63, 3.8) is 0 Å². The molecule has 0 bridgehead atoms. The summed E-state index contributed by atoms with van der Waals surface area (Å²) in [5.41, 5.74) is 8.38. The van der Waals surface area contributed by atoms with Gasteiger partial charge >= 0.3 is 0 Å². The number of rotatable bonds is 8. The lowest BCUT2D eigenvalue weighted by Gasteiger charge is -2.04. The molecule has 3 heteroatoms. The SMILES string of the molecule is COCCCCn1cc(CCCN)c2ccccc21. The fourth-order valence-corrected chi connectivity index (χ4v) is 2.53. The van der Waals surface area contributed by atoms with Crippen molar-refractivity contribution in [1.82, 2.24) is 4.57 Å². The van der Waals surface area contributed by atoms with Crippen LogP contribution in [0.25, 0.3) is 10.9 Å². The molecule has 2 aromatic rings. The van der Waals surface area contributed by atoms with Crippen LogP contribution >= 0.6 is 0 Å². The highest BCUT2D eigenvalue weighted by atomic mass is 16.5. The summed E-state index contributed by atoms with van der Waals surface area (Å²) in [5.74, 6) is 0. The smallest absolute Gasteiger partial charge is 0.0483 e. The highest BCUT2D eigenvalue weighted by Crippen LogP contribution is 2.22. The largest absolute Gasteiger partial charge is 0.385 e. The molecule has 1 heterocycles. The van der Waals surface area contributed by atoms with Crippen molar-refractivity contribution in [3.05, 3.63) is 36.0 Å². The Hall–Kier alpha value is -1.32. The van der Waals surface area contributed by atoms with Crippen LogP contribution in [0.4, 0.5) is 0 Å². The average molecular weight is 260 g/mol. The molecular weight excluding hydrogens is 236 g/mol. The first kappa shape index (κ1) is 14.1. The summed E-state index contributed by atoms with van der Waals surface area (Å²) >= 11 is 0. The van der Waals surface area contributed by atoms with Gasteiger partial charge in [0.15, 0.2) is 0 Å². The van der Waals surface area contributed by atoms with E-state index in [2.05, 4.69) is 35.0 Å². The number of nitrogens with two attached hydrogens (primary N) is 1. The van der Waals surface area contributed by atoms with Crippen LogP contribution in [0.2, 0.25) is 0 Å². The van der Waals surface area contributed by atoms with Crippen LogP contribution < -0.4 is 5.73 Å². The van der Waals surface area contributed by atoms with E-state index in [1.807, 2.05) is 0 Å². The molecule has 0 radical (unpaired) electrons. The molecule has 104 valence electrons. The van der Waals surface area contributed by atoms with Gasteiger partial charge in [-0.1, -0.05) is 18.2 Å². The highest BCUT2D eigenvalue weighted by Gasteiger charge is 2.07. The third kappa shape index (κ3) is 3.58. The summed E-state index contributed by atoms with van der Waals surface area (Å²) < 4.78 is 7.47. The molecule has 0 saturated heterocycles. The van der Waals surface area contributed by atoms with Gasteiger partial charge in [0.1, 0.15) is 0 Å². The Labute approximate surface area is 115 Å². The standard InChI is InChI=1S/C16H24N2O/c1-19-12-5-4-11-18-13-14(7-6-10-17)15-8-2-3-9-16(15)18/h2-3,8-9,13H,4-7,10-12,17H2,1H3. The van der Waals surface area contributed by atoms with E-state index in [1.54, 1.807) is 7.11 Å². The fraction of sp³-hybridized carbons (Fsp3) is 0.500. The maximum atomic E-state index is 5.62. The molecule has 1 aromatic carbocycles. The molecule has 0 aliphatic carbocycles. The first-order chi connectivity index (χ1) is 9.36. The van der Waals surface area contributed by atoms with Crippen LogP contribution in [0.1, 0.15) is 24.8 Å². The van der Waals surface area contributed by atoms with Gasteiger partial charge in [0.2, 0.25) is 0 Å². The molecular formula is C16H24N2O. The van der Waals surface area contributed by atoms with Gasteiger partial charge in [0.25, 0.3) is 0 Å². The Balaban J connectivity index is 2.13. The lowest BCUT2D eigenvalue weighted by atomic mass is 10.1. The van der Waals surface area contributed by atoms with Crippen LogP contribution in [-0.2, 0) is 17.7 Å². The number of aryl methyl sites for hydroxylation is 2. The molecule has 3 nitrogen and oxygen atoms in total. The van der Waals surface area contributed by atoms with Crippen LogP contribution in [0.3, 0.4) is 0 Å². The van der Waals surface area contributed by atoms with Gasteiger partial charge in [0.05, 0.1) is 0 Å². The summed E-state index contributed by atoms with van der Waals surface area (Å²) in [6.45, 7) is 2.67. The number of unbranched alkanes of at least 4 members (excludes halogenated alkanes) is 1. The van der Waals surface area contributed by atoms with Crippen LogP contribution in [0.15, 0.2) is 30.5 Å². The van der Waals surface area contributed by atoms with Gasteiger partial charge in [0, 0.05) is 37.4 Å². The summed E-state index contributed by atoms with van der Waals surface area (Å²) in [4.78, 5) is 0. The van der Waals surface area contributed by atoms with Crippen molar-refractivity contribution in [1.29, 1.82) is 0 Å². The predicted octanol–water partition coefficient (Wildman–Crippen LogP) is 2.96. The molecule has 0 saturated carbocycles. The van der Waals surface area contributed by atoms with E-state index in [-0.39, 0.29) is 0 Å². The Morgan fingerprint density at radius 1 is 1.16 bits per heavy atom. The second-order valence-electron chi connectivity index (χ2n) is 4.96. The topological polar surface area (TPSA) is 40.2 Å². The molecule has 2 rings (SSSR count). The lowest BCUT2D eigenvalue weighted by molar-refractivity contribution is 0.191. The molecule has 1 aromatic heterocycles. The second-order valence-corrected chi connectivity index (χ2v) is 4.96. The third-order valence-electron chi connectivity index (χ3n) is 3.52. The number of methoxy groups -OCH3 is 1. The number of para-hydroxylation sites is 1. The van der Waals surface area contributed by atoms with Crippen molar-refractivity contribution >= 4 is 10.9 Å². The molecule has 0 aliphatic rings. The van der Waals surface area contributed by atoms with Crippen LogP contribution in [0, 0.1) is 0 Å². The number of benzene rings is 1. The number of aromatic nitrogens is 1. The molecule has 19 heavy (non-hydrogen) atoms. The molecule has 0 aliphatic heterocycles. The first-order valence-electron chi connectivity index (χ1n) is 7.12. The zero-order chi connectivity index (χ0) is 13.5. The second kappa shape index (κ2) is 7.31. The molecule has 0 atom stereocenters. The molecule has 0 unspecified atom stereocenters. The zero-order valence-electron chi connectivity index (χ0n) is 11.8. The van der Waals surface area contributed by atoms with Crippen LogP contribution in [-0.4, -0.2) is 24.8 Å². The van der Waals surface area contributed by atoms with Crippen molar-refractivity contribution in [3.8, 4) is 0 Å². The average Bonchev–Trinajstić information content (AvgIpc) is 2.80. The summed E-state index contributed by atoms with van der Waals surface area (Å²) in [5, 5.41) is 1.38. The van der Waals surface area contributed by atoms with Crippen molar-refractivity contribution < 1.29 is 4.74 Å². The quantitative estimate of drug-likeness (QED) is 0.741. The van der Waals surface area contributed by atoms with E-state index in [0.717, 1.165) is 45.4 Å². The van der Waals surface area contributed by atoms with E-state index in [0.29, 0.717) is 0 Å². The Morgan fingerprint density at radius 2 is 2.00 bits per heavy atom. The summed E-state index contributed by atoms with van der Waals surface area (Å²) in [6, 6.07) is 8.65. The lowest BCUT2D eigenvalue weighted by Crippen LogP contribution is -2.00. The fourth-order valence-electron chi connectivity index (χ4n) is 2.53. The first-order valence-corrected chi connectivity index (χ1v) is 7.12. The van der Waals surface area contributed by atoms with Gasteiger partial charge in [-0.25, -0.2) is 0 Å². The van der Waals surface area contributed by atoms with E-state index in [1.165, 1.54) is 16.5 Å². The van der Waals surface area contributed by atoms with E-state index < -0.39 is 0 Å². The molecule has 0 spiro atoms. The monoisotopic (exact) mass is 260 g/mol. The van der Waals surface area contributed by atoms with E-state index in [9.17, 15) is 0 Å². The number of nitrogens with zero attached hydrogens (tertiary/aromatic N) is 1. The predicted molar refractivity (Wildman–Crippen MR) is 80.4 cm³/mol. The van der Waals surface area contributed by atoms with Gasteiger partial charge in [-0.3, -0.25) is 0 Å². The van der Waals surface area contributed by atoms with Gasteiger partial charge in [-0.2, -0.15) is 0 Å². The van der Waals surface area contributed by atoms with E-state index in [4.69, 9.17) is 10.5 Å². The Kier molecular flexibility index (Phi) is 5.43. The third-order valence-corrected chi connectivity index (χ3v) is 3.52. The number of hydrogen-bond donors (Lipinski definition) is 1. The minimum atomic E-state index is 0.757. The van der Waals surface area contributed by atoms with Gasteiger partial charge in [-0.05, 0) is 43.9 Å². The Bertz CT molecular complexity index is 504. The van der Waals surface area contributed by atoms with Gasteiger partial charge < -0.3 is 15.0 Å². The molecule has 2 N–H and O–H groups in total. The van der Waals surface area contributed by atoms with Crippen molar-refractivity contribution in [2.24, 2.45) is 5.73 Å². The van der Waals surface area contributed by atoms with Crippen molar-refractivity contribution in [2.75, 3.05) is 20.3 Å². The molecule has 0 amide bonds. The van der Waals surface area contributed by atoms with Gasteiger partial charge in [-0.15, -0.1) is 0 Å². The van der Waals surface area contributed by atoms with E-state index >= 15 is 0 Å². The van der Waals surface area contributed by atoms with Crippen molar-refractivity contribution in [2.45, 2.75) is 32.2 Å². The Morgan fingerprint density at radius 3 is 2.79 bits per heavy atom. The number of fused-ring (bicyclic) bond motifs is 1. The van der Waals surface area contributed by atoms with Crippen LogP contribution in [0.5, 0.6) is 0 Å². The number of ether oxygens (including phenoxy) is 1. The zero-order valence-corrected chi connectivity index (χ0v) is 11.8. The maximum Gasteiger partial charge on any atom is 0.0483 e. The minimum Gasteiger partial charge on any atom is -0.385 e. The highest BCUT2D eigenvalue weighted by molar-refractivity contribution is 5.83. The maximum absolute atomic E-state index is 5.62. The normalized spacial score (nSPS) is 11.3. The summed E-state index contributed by atoms with van der Waals surface area (Å²) in [6.07, 6.45) is 6.69.